The predicted molar refractivity (Wildman–Crippen MR) is 108 cm³/mol. The molecule has 0 bridgehead atoms. The largest absolute Gasteiger partial charge is 0.496 e. The lowest BCUT2D eigenvalue weighted by Crippen LogP contribution is -2.41. The third-order valence-corrected chi connectivity index (χ3v) is 4.61. The lowest BCUT2D eigenvalue weighted by molar-refractivity contribution is 0.0905. The molecule has 0 radical (unpaired) electrons. The normalized spacial score (nSPS) is 11.2. The molecule has 1 N–H and O–H groups in total. The Morgan fingerprint density at radius 3 is 2.46 bits per heavy atom. The minimum atomic E-state index is -0.630. The highest BCUT2D eigenvalue weighted by Crippen LogP contribution is 2.29. The minimum absolute atomic E-state index is 0.263. The van der Waals surface area contributed by atoms with Crippen LogP contribution in [0.3, 0.4) is 0 Å². The molecule has 28 heavy (non-hydrogen) atoms. The molecule has 6 nitrogen and oxygen atoms in total. The molecule has 0 aliphatic carbocycles. The first-order valence-corrected chi connectivity index (χ1v) is 9.02. The van der Waals surface area contributed by atoms with Crippen LogP contribution in [0.1, 0.15) is 35.5 Å². The summed E-state index contributed by atoms with van der Waals surface area (Å²) in [4.78, 5) is 12.8. The smallest absolute Gasteiger partial charge is 0.272 e. The number of amides is 1. The number of benzene rings is 2. The van der Waals surface area contributed by atoms with E-state index in [0.29, 0.717) is 11.4 Å². The number of carbonyl (C=O) groups is 1. The van der Waals surface area contributed by atoms with Crippen LogP contribution in [0.15, 0.2) is 54.7 Å². The number of nitrogens with zero attached hydrogens (tertiary/aromatic N) is 2. The van der Waals surface area contributed by atoms with Gasteiger partial charge >= 0.3 is 0 Å². The van der Waals surface area contributed by atoms with Crippen molar-refractivity contribution >= 4 is 5.91 Å². The van der Waals surface area contributed by atoms with Crippen LogP contribution < -0.4 is 14.8 Å². The fourth-order valence-electron chi connectivity index (χ4n) is 3.13. The van der Waals surface area contributed by atoms with E-state index in [-0.39, 0.29) is 5.91 Å². The fourth-order valence-corrected chi connectivity index (χ4v) is 3.13. The molecule has 0 aliphatic heterocycles. The number of hydrogen-bond donors (Lipinski definition) is 1. The molecule has 3 rings (SSSR count). The lowest BCUT2D eigenvalue weighted by Gasteiger charge is -2.28. The van der Waals surface area contributed by atoms with Gasteiger partial charge in [-0.2, -0.15) is 5.10 Å². The van der Waals surface area contributed by atoms with Gasteiger partial charge in [-0.3, -0.25) is 4.79 Å². The topological polar surface area (TPSA) is 65.4 Å². The second-order valence-electron chi connectivity index (χ2n) is 7.10. The summed E-state index contributed by atoms with van der Waals surface area (Å²) in [5.74, 6) is 1.15. The van der Waals surface area contributed by atoms with Gasteiger partial charge in [-0.1, -0.05) is 24.3 Å². The summed E-state index contributed by atoms with van der Waals surface area (Å²) in [5.41, 5.74) is 2.45. The van der Waals surface area contributed by atoms with E-state index in [1.165, 1.54) is 0 Å². The van der Waals surface area contributed by atoms with Gasteiger partial charge in [-0.05, 0) is 50.6 Å². The summed E-state index contributed by atoms with van der Waals surface area (Å²) < 4.78 is 12.5. The first-order chi connectivity index (χ1) is 13.4. The molecular weight excluding hydrogens is 354 g/mol. The standard InChI is InChI=1S/C22H25N3O3/c1-15-10-11-20(28-5)18(14-15)25-13-12-17(24-25)21(26)23-22(2,3)16-8-6-7-9-19(16)27-4/h6-14H,1-5H3,(H,23,26). The SMILES string of the molecule is COc1ccc(C)cc1-n1ccc(C(=O)NC(C)(C)c2ccccc2OC)n1. The van der Waals surface area contributed by atoms with Crippen LogP contribution in [0.4, 0.5) is 0 Å². The zero-order valence-electron chi connectivity index (χ0n) is 16.8. The lowest BCUT2D eigenvalue weighted by atomic mass is 9.93. The quantitative estimate of drug-likeness (QED) is 0.706. The molecule has 1 heterocycles. The molecule has 0 saturated carbocycles. The Morgan fingerprint density at radius 2 is 1.75 bits per heavy atom. The van der Waals surface area contributed by atoms with Gasteiger partial charge in [0.15, 0.2) is 5.69 Å². The summed E-state index contributed by atoms with van der Waals surface area (Å²) in [6, 6.07) is 15.1. The number of ether oxygens (including phenoxy) is 2. The molecule has 0 saturated heterocycles. The second kappa shape index (κ2) is 7.76. The number of rotatable bonds is 6. The summed E-state index contributed by atoms with van der Waals surface area (Å²) in [6.45, 7) is 5.86. The average molecular weight is 379 g/mol. The van der Waals surface area contributed by atoms with Crippen molar-refractivity contribution in [1.82, 2.24) is 15.1 Å². The van der Waals surface area contributed by atoms with E-state index in [1.54, 1.807) is 31.2 Å². The van der Waals surface area contributed by atoms with Gasteiger partial charge < -0.3 is 14.8 Å². The van der Waals surface area contributed by atoms with Crippen molar-refractivity contribution in [3.63, 3.8) is 0 Å². The van der Waals surface area contributed by atoms with Crippen LogP contribution in [-0.4, -0.2) is 29.9 Å². The Labute approximate surface area is 165 Å². The molecule has 0 unspecified atom stereocenters. The Hall–Kier alpha value is -3.28. The Kier molecular flexibility index (Phi) is 5.40. The van der Waals surface area contributed by atoms with Crippen LogP contribution in [0, 0.1) is 6.92 Å². The summed E-state index contributed by atoms with van der Waals surface area (Å²) in [6.07, 6.45) is 1.75. The molecule has 6 heteroatoms. The average Bonchev–Trinajstić information content (AvgIpc) is 3.18. The number of aryl methyl sites for hydroxylation is 1. The van der Waals surface area contributed by atoms with Gasteiger partial charge in [0, 0.05) is 11.8 Å². The van der Waals surface area contributed by atoms with E-state index in [2.05, 4.69) is 10.4 Å². The molecule has 0 aliphatic rings. The molecule has 1 amide bonds. The maximum absolute atomic E-state index is 12.8. The zero-order valence-corrected chi connectivity index (χ0v) is 16.8. The molecule has 146 valence electrons. The van der Waals surface area contributed by atoms with Gasteiger partial charge in [-0.15, -0.1) is 0 Å². The van der Waals surface area contributed by atoms with Crippen molar-refractivity contribution in [2.45, 2.75) is 26.3 Å². The molecular formula is C22H25N3O3. The predicted octanol–water partition coefficient (Wildman–Crippen LogP) is 3.86. The number of hydrogen-bond acceptors (Lipinski definition) is 4. The highest BCUT2D eigenvalue weighted by atomic mass is 16.5. The monoisotopic (exact) mass is 379 g/mol. The van der Waals surface area contributed by atoms with Gasteiger partial charge in [0.05, 0.1) is 19.8 Å². The summed E-state index contributed by atoms with van der Waals surface area (Å²) in [5, 5.41) is 7.49. The number of aromatic nitrogens is 2. The van der Waals surface area contributed by atoms with Crippen molar-refractivity contribution in [1.29, 1.82) is 0 Å². The maximum Gasteiger partial charge on any atom is 0.272 e. The van der Waals surface area contributed by atoms with E-state index in [1.807, 2.05) is 63.2 Å². The fraction of sp³-hybridized carbons (Fsp3) is 0.273. The summed E-state index contributed by atoms with van der Waals surface area (Å²) >= 11 is 0. The van der Waals surface area contributed by atoms with E-state index >= 15 is 0 Å². The minimum Gasteiger partial charge on any atom is -0.496 e. The molecule has 2 aromatic carbocycles. The van der Waals surface area contributed by atoms with E-state index in [0.717, 1.165) is 22.6 Å². The zero-order chi connectivity index (χ0) is 20.3. The van der Waals surface area contributed by atoms with Crippen molar-refractivity contribution < 1.29 is 14.3 Å². The Morgan fingerprint density at radius 1 is 1.04 bits per heavy atom. The van der Waals surface area contributed by atoms with Gasteiger partial charge in [0.2, 0.25) is 0 Å². The van der Waals surface area contributed by atoms with Crippen LogP contribution in [0.5, 0.6) is 11.5 Å². The number of para-hydroxylation sites is 1. The summed E-state index contributed by atoms with van der Waals surface area (Å²) in [7, 11) is 3.23. The number of methoxy groups -OCH3 is 2. The Bertz CT molecular complexity index is 992. The molecule has 3 aromatic rings. The van der Waals surface area contributed by atoms with Crippen LogP contribution in [-0.2, 0) is 5.54 Å². The van der Waals surface area contributed by atoms with E-state index in [9.17, 15) is 4.79 Å². The van der Waals surface area contributed by atoms with Crippen molar-refractivity contribution in [2.24, 2.45) is 0 Å². The van der Waals surface area contributed by atoms with Crippen LogP contribution in [0.2, 0.25) is 0 Å². The highest BCUT2D eigenvalue weighted by molar-refractivity contribution is 5.92. The van der Waals surface area contributed by atoms with E-state index < -0.39 is 5.54 Å². The molecule has 0 atom stereocenters. The van der Waals surface area contributed by atoms with E-state index in [4.69, 9.17) is 9.47 Å². The van der Waals surface area contributed by atoms with Crippen molar-refractivity contribution in [2.75, 3.05) is 14.2 Å². The first kappa shape index (κ1) is 19.5. The van der Waals surface area contributed by atoms with Crippen molar-refractivity contribution in [3.05, 3.63) is 71.5 Å². The van der Waals surface area contributed by atoms with Gasteiger partial charge in [0.25, 0.3) is 5.91 Å². The molecule has 0 fully saturated rings. The maximum atomic E-state index is 12.8. The first-order valence-electron chi connectivity index (χ1n) is 9.02. The van der Waals surface area contributed by atoms with Gasteiger partial charge in [-0.25, -0.2) is 4.68 Å². The highest BCUT2D eigenvalue weighted by Gasteiger charge is 2.27. The van der Waals surface area contributed by atoms with Crippen LogP contribution >= 0.6 is 0 Å². The number of carbonyl (C=O) groups excluding carboxylic acids is 1. The molecule has 0 spiro atoms. The Balaban J connectivity index is 1.86. The van der Waals surface area contributed by atoms with Crippen molar-refractivity contribution in [3.8, 4) is 17.2 Å². The number of nitrogens with one attached hydrogen (secondary N) is 1. The van der Waals surface area contributed by atoms with Crippen LogP contribution in [0.25, 0.3) is 5.69 Å². The second-order valence-corrected chi connectivity index (χ2v) is 7.10. The molecule has 1 aromatic heterocycles. The third-order valence-electron chi connectivity index (χ3n) is 4.61. The third kappa shape index (κ3) is 3.86. The van der Waals surface area contributed by atoms with Gasteiger partial charge in [0.1, 0.15) is 17.2 Å².